The molecule has 0 aliphatic carbocycles. The van der Waals surface area contributed by atoms with Crippen LogP contribution in [0.5, 0.6) is 0 Å². The first-order chi connectivity index (χ1) is 24.0. The highest BCUT2D eigenvalue weighted by molar-refractivity contribution is 7.81. The summed E-state index contributed by atoms with van der Waals surface area (Å²) in [6, 6.07) is 2.89. The number of alkyl carbamates (subject to hydrolysis) is 1. The first-order valence-corrected chi connectivity index (χ1v) is 18.8. The molecule has 2 saturated heterocycles. The molecule has 4 bridgehead atoms. The van der Waals surface area contributed by atoms with Gasteiger partial charge in [-0.3, -0.25) is 14.9 Å². The number of epoxide rings is 1. The van der Waals surface area contributed by atoms with Crippen molar-refractivity contribution in [3.8, 4) is 0 Å². The molecule has 3 amide bonds. The lowest BCUT2D eigenvalue weighted by molar-refractivity contribution is -0.165. The number of anilines is 1. The Kier molecular flexibility index (Phi) is 12.6. The molecule has 1 aromatic carbocycles. The van der Waals surface area contributed by atoms with E-state index in [2.05, 4.69) is 17.9 Å². The first kappa shape index (κ1) is 41.7. The van der Waals surface area contributed by atoms with Crippen molar-refractivity contribution in [1.29, 1.82) is 0 Å². The van der Waals surface area contributed by atoms with Crippen molar-refractivity contribution >= 4 is 53.8 Å². The van der Waals surface area contributed by atoms with E-state index >= 15 is 0 Å². The Morgan fingerprint density at radius 3 is 2.52 bits per heavy atom. The third kappa shape index (κ3) is 9.17. The molecule has 13 heteroatoms. The maximum absolute atomic E-state index is 14.4. The maximum Gasteiger partial charge on any atom is 0.409 e. The zero-order valence-electron chi connectivity index (χ0n) is 32.3. The summed E-state index contributed by atoms with van der Waals surface area (Å²) < 4.78 is 17.9. The number of carbonyl (C=O) groups excluding carboxylic acids is 4. The van der Waals surface area contributed by atoms with Gasteiger partial charge in [0.1, 0.15) is 29.6 Å². The summed E-state index contributed by atoms with van der Waals surface area (Å²) in [5.41, 5.74) is 0.486. The minimum atomic E-state index is -1.60. The molecule has 288 valence electrons. The molecule has 0 radical (unpaired) electrons. The zero-order valence-corrected chi connectivity index (χ0v) is 33.9. The number of carbonyl (C=O) groups is 4. The number of nitrogens with zero attached hydrogens (tertiary/aromatic N) is 2. The quantitative estimate of drug-likeness (QED) is 0.178. The number of nitrogens with one attached hydrogen (secondary N) is 1. The molecule has 52 heavy (non-hydrogen) atoms. The van der Waals surface area contributed by atoms with Crippen LogP contribution in [-0.4, -0.2) is 88.4 Å². The highest BCUT2D eigenvalue weighted by Crippen LogP contribution is 2.50. The average Bonchev–Trinajstić information content (AvgIpc) is 3.75. The van der Waals surface area contributed by atoms with Gasteiger partial charge < -0.3 is 29.1 Å². The highest BCUT2D eigenvalue weighted by atomic mass is 35.5. The number of fused-ring (bicyclic) bond motifs is 5. The van der Waals surface area contributed by atoms with Crippen LogP contribution in [0.2, 0.25) is 5.02 Å². The number of rotatable bonds is 6. The summed E-state index contributed by atoms with van der Waals surface area (Å²) in [6.07, 6.45) is 3.75. The predicted molar refractivity (Wildman–Crippen MR) is 204 cm³/mol. The number of halogens is 1. The van der Waals surface area contributed by atoms with Crippen LogP contribution >= 0.6 is 24.2 Å². The van der Waals surface area contributed by atoms with Crippen LogP contribution in [-0.2, 0) is 35.0 Å². The van der Waals surface area contributed by atoms with Crippen molar-refractivity contribution in [2.45, 2.75) is 128 Å². The van der Waals surface area contributed by atoms with E-state index in [0.717, 1.165) is 16.7 Å². The molecule has 3 aliphatic heterocycles. The number of ether oxygens (including phenoxy) is 3. The van der Waals surface area contributed by atoms with E-state index < -0.39 is 65.5 Å². The highest BCUT2D eigenvalue weighted by Gasteiger charge is 2.66. The van der Waals surface area contributed by atoms with Crippen LogP contribution in [0.3, 0.4) is 0 Å². The van der Waals surface area contributed by atoms with Crippen molar-refractivity contribution in [3.05, 3.63) is 52.1 Å². The molecule has 1 aromatic rings. The number of aryl methyl sites for hydroxylation is 1. The summed E-state index contributed by atoms with van der Waals surface area (Å²) >= 11 is 11.3. The van der Waals surface area contributed by atoms with Crippen molar-refractivity contribution in [1.82, 2.24) is 10.2 Å². The van der Waals surface area contributed by atoms with Crippen LogP contribution in [0.25, 0.3) is 0 Å². The van der Waals surface area contributed by atoms with E-state index in [-0.39, 0.29) is 29.4 Å². The number of aliphatic hydroxyl groups is 1. The molecule has 4 rings (SSSR count). The second-order valence-electron chi connectivity index (χ2n) is 15.9. The van der Waals surface area contributed by atoms with E-state index in [4.69, 9.17) is 25.8 Å². The Balaban J connectivity index is 1.75. The monoisotopic (exact) mass is 761 g/mol. The standard InChI is InChI=1S/C39H56ClN3O8S/c1-21-13-12-14-23(3)39(48)20-29(49-36(47)41-39)24(4)33-38(9,51-33)32(50-35(46)26(6)42(10)30(44)15-16-37(7,8)52)25(5)34(45)43(11)28-19-27(17-21)18-22(2)31(28)40/h12-14,18-19,23-26,29,32-33,48,52H,15-17,20H2,1-11H3,(H,41,47)/b14-12+,21-13+/t23-,24-,25?,26+,29?,32+,33+,38+,39+/m1/s1. The maximum atomic E-state index is 14.4. The summed E-state index contributed by atoms with van der Waals surface area (Å²) in [5.74, 6) is -3.18. The Hall–Kier alpha value is -3.06. The van der Waals surface area contributed by atoms with Gasteiger partial charge in [-0.05, 0) is 64.7 Å². The fourth-order valence-electron chi connectivity index (χ4n) is 7.18. The topological polar surface area (TPSA) is 138 Å². The first-order valence-electron chi connectivity index (χ1n) is 18.0. The largest absolute Gasteiger partial charge is 0.457 e. The van der Waals surface area contributed by atoms with Gasteiger partial charge in [0.15, 0.2) is 0 Å². The molecular weight excluding hydrogens is 706 g/mol. The van der Waals surface area contributed by atoms with Crippen molar-refractivity contribution in [3.63, 3.8) is 0 Å². The lowest BCUT2D eigenvalue weighted by Crippen LogP contribution is -2.60. The van der Waals surface area contributed by atoms with Crippen molar-refractivity contribution in [2.24, 2.45) is 17.8 Å². The van der Waals surface area contributed by atoms with E-state index in [1.807, 2.05) is 71.9 Å². The van der Waals surface area contributed by atoms with Crippen LogP contribution < -0.4 is 10.2 Å². The minimum absolute atomic E-state index is 0.0718. The number of benzene rings is 1. The number of likely N-dealkylation sites (N-methyl/N-ethyl adjacent to an activating group) is 1. The Morgan fingerprint density at radius 2 is 1.88 bits per heavy atom. The molecule has 3 heterocycles. The number of allylic oxidation sites excluding steroid dienone is 3. The van der Waals surface area contributed by atoms with Gasteiger partial charge in [0.2, 0.25) is 11.8 Å². The number of hydrogen-bond donors (Lipinski definition) is 3. The van der Waals surface area contributed by atoms with Crippen molar-refractivity contribution < 1.29 is 38.5 Å². The summed E-state index contributed by atoms with van der Waals surface area (Å²) in [5, 5.41) is 14.7. The predicted octanol–water partition coefficient (Wildman–Crippen LogP) is 6.17. The average molecular weight is 762 g/mol. The second-order valence-corrected chi connectivity index (χ2v) is 17.5. The zero-order chi connectivity index (χ0) is 39.1. The number of esters is 1. The van der Waals surface area contributed by atoms with Crippen LogP contribution in [0, 0.1) is 24.7 Å². The normalized spacial score (nSPS) is 33.4. The molecule has 2 unspecified atom stereocenters. The van der Waals surface area contributed by atoms with Gasteiger partial charge in [0.25, 0.3) is 0 Å². The molecule has 2 N–H and O–H groups in total. The van der Waals surface area contributed by atoms with E-state index in [1.165, 1.54) is 9.80 Å². The molecule has 2 fully saturated rings. The second kappa shape index (κ2) is 15.7. The van der Waals surface area contributed by atoms with Gasteiger partial charge in [0.05, 0.1) is 22.7 Å². The van der Waals surface area contributed by atoms with Crippen LogP contribution in [0.4, 0.5) is 10.5 Å². The number of thiol groups is 1. The lowest BCUT2D eigenvalue weighted by atomic mass is 9.80. The third-order valence-corrected chi connectivity index (χ3v) is 11.7. The van der Waals surface area contributed by atoms with Crippen molar-refractivity contribution in [2.75, 3.05) is 19.0 Å². The van der Waals surface area contributed by atoms with Gasteiger partial charge in [-0.1, -0.05) is 69.2 Å². The number of hydrogen-bond acceptors (Lipinski definition) is 9. The molecule has 0 spiro atoms. The Bertz CT molecular complexity index is 1630. The third-order valence-electron chi connectivity index (χ3n) is 11.0. The van der Waals surface area contributed by atoms with Gasteiger partial charge >= 0.3 is 12.1 Å². The van der Waals surface area contributed by atoms with Gasteiger partial charge in [-0.15, -0.1) is 0 Å². The summed E-state index contributed by atoms with van der Waals surface area (Å²) in [4.78, 5) is 57.0. The van der Waals surface area contributed by atoms with Gasteiger partial charge in [-0.25, -0.2) is 9.59 Å². The summed E-state index contributed by atoms with van der Waals surface area (Å²) in [6.45, 7) is 16.4. The fourth-order valence-corrected chi connectivity index (χ4v) is 7.53. The Labute approximate surface area is 318 Å². The lowest BCUT2D eigenvalue weighted by Gasteiger charge is -2.42. The van der Waals surface area contributed by atoms with E-state index in [9.17, 15) is 24.3 Å². The Morgan fingerprint density at radius 1 is 1.23 bits per heavy atom. The minimum Gasteiger partial charge on any atom is -0.457 e. The molecule has 0 aromatic heterocycles. The molecule has 9 atom stereocenters. The molecular formula is C39H56ClN3O8S. The molecule has 3 aliphatic rings. The molecule has 0 saturated carbocycles. The molecule has 11 nitrogen and oxygen atoms in total. The number of amides is 3. The van der Waals surface area contributed by atoms with E-state index in [1.54, 1.807) is 34.9 Å². The fraction of sp³-hybridized carbons (Fsp3) is 0.641. The van der Waals surface area contributed by atoms with Crippen LogP contribution in [0.15, 0.2) is 35.9 Å². The van der Waals surface area contributed by atoms with E-state index in [0.29, 0.717) is 23.6 Å². The smallest absolute Gasteiger partial charge is 0.409 e. The van der Waals surface area contributed by atoms with Gasteiger partial charge in [-0.2, -0.15) is 12.6 Å². The SMILES string of the molecule is C/C1=C\C=C\[C@@H](C)[C@@]2(O)CC(OC(=O)N2)[C@@H](C)[C@@H]2O[C@@]2(C)[C@@H](OC(=O)[C@H](C)N(C)C(=O)CCC(C)(C)S)C(C)C(=O)N(C)c2cc(cc(C)c2Cl)C1. The van der Waals surface area contributed by atoms with Gasteiger partial charge in [0, 0.05) is 43.5 Å². The van der Waals surface area contributed by atoms with Crippen LogP contribution in [0.1, 0.15) is 85.8 Å². The summed E-state index contributed by atoms with van der Waals surface area (Å²) in [7, 11) is 3.19.